The molecule has 0 N–H and O–H groups in total. The molecule has 0 bridgehead atoms. The lowest BCUT2D eigenvalue weighted by molar-refractivity contribution is 0.601. The molecule has 0 spiro atoms. The van der Waals surface area contributed by atoms with Crippen LogP contribution in [0.15, 0.2) is 58.3 Å². The molecular formula is C13H11FS. The zero-order valence-electron chi connectivity index (χ0n) is 8.41. The second-order valence-electron chi connectivity index (χ2n) is 3.35. The minimum absolute atomic E-state index is 0.158. The van der Waals surface area contributed by atoms with Crippen LogP contribution in [0.5, 0.6) is 0 Å². The Balaban J connectivity index is 2.28. The van der Waals surface area contributed by atoms with Gasteiger partial charge in [0.1, 0.15) is 5.82 Å². The number of hydrogen-bond donors (Lipinski definition) is 0. The van der Waals surface area contributed by atoms with Crippen LogP contribution in [0.2, 0.25) is 0 Å². The fraction of sp³-hybridized carbons (Fsp3) is 0.0769. The van der Waals surface area contributed by atoms with E-state index in [4.69, 9.17) is 0 Å². The lowest BCUT2D eigenvalue weighted by atomic mass is 10.2. The second kappa shape index (κ2) is 4.49. The summed E-state index contributed by atoms with van der Waals surface area (Å²) < 4.78 is 13.4. The molecule has 15 heavy (non-hydrogen) atoms. The molecular weight excluding hydrogens is 207 g/mol. The van der Waals surface area contributed by atoms with Crippen LogP contribution in [0.1, 0.15) is 5.56 Å². The summed E-state index contributed by atoms with van der Waals surface area (Å²) in [6, 6.07) is 15.0. The third kappa shape index (κ3) is 2.60. The summed E-state index contributed by atoms with van der Waals surface area (Å²) >= 11 is 1.45. The number of hydrogen-bond acceptors (Lipinski definition) is 1. The highest BCUT2D eigenvalue weighted by atomic mass is 32.2. The molecule has 0 saturated carbocycles. The van der Waals surface area contributed by atoms with Crippen LogP contribution < -0.4 is 0 Å². The van der Waals surface area contributed by atoms with Crippen molar-refractivity contribution in [1.29, 1.82) is 0 Å². The van der Waals surface area contributed by atoms with E-state index in [0.29, 0.717) is 4.90 Å². The molecule has 2 aromatic carbocycles. The molecule has 0 aromatic heterocycles. The van der Waals surface area contributed by atoms with Crippen LogP contribution in [0.4, 0.5) is 4.39 Å². The van der Waals surface area contributed by atoms with Crippen LogP contribution in [0, 0.1) is 12.7 Å². The molecule has 0 aliphatic carbocycles. The number of benzene rings is 2. The first kappa shape index (κ1) is 10.2. The van der Waals surface area contributed by atoms with Gasteiger partial charge in [0, 0.05) is 9.79 Å². The van der Waals surface area contributed by atoms with Crippen molar-refractivity contribution in [1.82, 2.24) is 0 Å². The number of aryl methyl sites for hydroxylation is 1. The summed E-state index contributed by atoms with van der Waals surface area (Å²) in [5.41, 5.74) is 1.08. The Labute approximate surface area is 93.1 Å². The van der Waals surface area contributed by atoms with E-state index in [9.17, 15) is 4.39 Å². The van der Waals surface area contributed by atoms with Gasteiger partial charge >= 0.3 is 0 Å². The van der Waals surface area contributed by atoms with Gasteiger partial charge in [-0.25, -0.2) is 4.39 Å². The highest BCUT2D eigenvalue weighted by molar-refractivity contribution is 7.99. The van der Waals surface area contributed by atoms with Gasteiger partial charge in [-0.2, -0.15) is 0 Å². The second-order valence-corrected chi connectivity index (χ2v) is 4.46. The molecule has 0 nitrogen and oxygen atoms in total. The minimum Gasteiger partial charge on any atom is -0.206 e. The molecule has 76 valence electrons. The number of halogens is 1. The molecule has 0 unspecified atom stereocenters. The van der Waals surface area contributed by atoms with Gasteiger partial charge in [-0.1, -0.05) is 36.0 Å². The summed E-state index contributed by atoms with van der Waals surface area (Å²) in [6.45, 7) is 1.97. The van der Waals surface area contributed by atoms with Crippen molar-refractivity contribution < 1.29 is 4.39 Å². The Morgan fingerprint density at radius 1 is 1.00 bits per heavy atom. The van der Waals surface area contributed by atoms with Crippen LogP contribution in [0.25, 0.3) is 0 Å². The van der Waals surface area contributed by atoms with Gasteiger partial charge in [0.05, 0.1) is 0 Å². The molecule has 0 aliphatic rings. The lowest BCUT2D eigenvalue weighted by Gasteiger charge is -2.03. The maximum Gasteiger partial charge on any atom is 0.137 e. The van der Waals surface area contributed by atoms with Crippen molar-refractivity contribution >= 4 is 11.8 Å². The quantitative estimate of drug-likeness (QED) is 0.724. The van der Waals surface area contributed by atoms with Gasteiger partial charge in [-0.15, -0.1) is 0 Å². The molecule has 0 atom stereocenters. The predicted molar refractivity (Wildman–Crippen MR) is 61.7 cm³/mol. The van der Waals surface area contributed by atoms with E-state index in [1.807, 2.05) is 43.3 Å². The van der Waals surface area contributed by atoms with E-state index in [1.165, 1.54) is 17.8 Å². The summed E-state index contributed by atoms with van der Waals surface area (Å²) in [6.07, 6.45) is 0. The van der Waals surface area contributed by atoms with Crippen molar-refractivity contribution in [2.75, 3.05) is 0 Å². The van der Waals surface area contributed by atoms with Gasteiger partial charge < -0.3 is 0 Å². The Kier molecular flexibility index (Phi) is 3.07. The third-order valence-electron chi connectivity index (χ3n) is 2.06. The Morgan fingerprint density at radius 2 is 1.73 bits per heavy atom. The zero-order valence-corrected chi connectivity index (χ0v) is 9.22. The normalized spacial score (nSPS) is 10.3. The Morgan fingerprint density at radius 3 is 2.47 bits per heavy atom. The zero-order chi connectivity index (χ0) is 10.7. The largest absolute Gasteiger partial charge is 0.206 e. The smallest absolute Gasteiger partial charge is 0.137 e. The van der Waals surface area contributed by atoms with E-state index in [0.717, 1.165) is 10.5 Å². The van der Waals surface area contributed by atoms with Gasteiger partial charge in [0.15, 0.2) is 0 Å². The summed E-state index contributed by atoms with van der Waals surface area (Å²) in [4.78, 5) is 1.74. The first-order chi connectivity index (χ1) is 7.25. The highest BCUT2D eigenvalue weighted by Gasteiger charge is 2.03. The van der Waals surface area contributed by atoms with Crippen molar-refractivity contribution in [3.63, 3.8) is 0 Å². The Bertz CT molecular complexity index is 451. The monoisotopic (exact) mass is 218 g/mol. The van der Waals surface area contributed by atoms with Crippen molar-refractivity contribution in [3.8, 4) is 0 Å². The average molecular weight is 218 g/mol. The van der Waals surface area contributed by atoms with E-state index in [1.54, 1.807) is 6.07 Å². The topological polar surface area (TPSA) is 0 Å². The Hall–Kier alpha value is -1.28. The SMILES string of the molecule is Cc1ccc(F)c(Sc2ccccc2)c1. The summed E-state index contributed by atoms with van der Waals surface area (Å²) in [5, 5.41) is 0. The first-order valence-electron chi connectivity index (χ1n) is 4.75. The molecule has 0 saturated heterocycles. The third-order valence-corrected chi connectivity index (χ3v) is 3.10. The van der Waals surface area contributed by atoms with Crippen LogP contribution in [0.3, 0.4) is 0 Å². The molecule has 2 rings (SSSR count). The van der Waals surface area contributed by atoms with Gasteiger partial charge in [-0.05, 0) is 36.8 Å². The molecule has 0 amide bonds. The van der Waals surface area contributed by atoms with Gasteiger partial charge in [-0.3, -0.25) is 0 Å². The number of rotatable bonds is 2. The van der Waals surface area contributed by atoms with Crippen LogP contribution >= 0.6 is 11.8 Å². The maximum atomic E-state index is 13.4. The van der Waals surface area contributed by atoms with E-state index in [-0.39, 0.29) is 5.82 Å². The fourth-order valence-electron chi connectivity index (χ4n) is 1.30. The van der Waals surface area contributed by atoms with Crippen LogP contribution in [-0.4, -0.2) is 0 Å². The molecule has 0 heterocycles. The molecule has 0 aliphatic heterocycles. The molecule has 2 heteroatoms. The van der Waals surface area contributed by atoms with Gasteiger partial charge in [0.2, 0.25) is 0 Å². The van der Waals surface area contributed by atoms with Crippen molar-refractivity contribution in [3.05, 3.63) is 59.9 Å². The maximum absolute atomic E-state index is 13.4. The molecule has 0 fully saturated rings. The average Bonchev–Trinajstić information content (AvgIpc) is 2.25. The first-order valence-corrected chi connectivity index (χ1v) is 5.56. The minimum atomic E-state index is -0.158. The van der Waals surface area contributed by atoms with Crippen LogP contribution in [-0.2, 0) is 0 Å². The highest BCUT2D eigenvalue weighted by Crippen LogP contribution is 2.29. The van der Waals surface area contributed by atoms with E-state index in [2.05, 4.69) is 0 Å². The standard InChI is InChI=1S/C13H11FS/c1-10-7-8-12(14)13(9-10)15-11-5-3-2-4-6-11/h2-9H,1H3. The van der Waals surface area contributed by atoms with Gasteiger partial charge in [0.25, 0.3) is 0 Å². The molecule has 0 radical (unpaired) electrons. The summed E-state index contributed by atoms with van der Waals surface area (Å²) in [7, 11) is 0. The lowest BCUT2D eigenvalue weighted by Crippen LogP contribution is -1.82. The van der Waals surface area contributed by atoms with E-state index < -0.39 is 0 Å². The predicted octanol–water partition coefficient (Wildman–Crippen LogP) is 4.29. The fourth-order valence-corrected chi connectivity index (χ4v) is 2.26. The van der Waals surface area contributed by atoms with Crippen molar-refractivity contribution in [2.24, 2.45) is 0 Å². The van der Waals surface area contributed by atoms with E-state index >= 15 is 0 Å². The van der Waals surface area contributed by atoms with Crippen molar-refractivity contribution in [2.45, 2.75) is 16.7 Å². The summed E-state index contributed by atoms with van der Waals surface area (Å²) in [5.74, 6) is -0.158. The molecule has 2 aromatic rings.